The number of ether oxygens (including phenoxy) is 3. The van der Waals surface area contributed by atoms with E-state index in [9.17, 15) is 4.79 Å². The third-order valence-electron chi connectivity index (χ3n) is 4.34. The molecule has 6 heteroatoms. The second kappa shape index (κ2) is 9.01. The molecule has 1 spiro atoms. The van der Waals surface area contributed by atoms with Gasteiger partial charge in [0.1, 0.15) is 6.61 Å². The maximum atomic E-state index is 10.4. The number of allylic oxidation sites excluding steroid dienone is 3. The van der Waals surface area contributed by atoms with Gasteiger partial charge in [-0.05, 0) is 37.5 Å². The van der Waals surface area contributed by atoms with Gasteiger partial charge < -0.3 is 24.2 Å². The Bertz CT molecular complexity index is 496. The van der Waals surface area contributed by atoms with Crippen LogP contribution in [0.4, 0.5) is 0 Å². The Labute approximate surface area is 143 Å². The van der Waals surface area contributed by atoms with E-state index < -0.39 is 5.97 Å². The lowest BCUT2D eigenvalue weighted by Crippen LogP contribution is -2.51. The SMILES string of the molecule is C=C/C(=C\C=C(/C)COCC(=O)O)N1CCC2(CC1)COCCO2. The van der Waals surface area contributed by atoms with Crippen molar-refractivity contribution in [3.63, 3.8) is 0 Å². The normalized spacial score (nSPS) is 21.8. The topological polar surface area (TPSA) is 68.2 Å². The Morgan fingerprint density at radius 1 is 1.29 bits per heavy atom. The van der Waals surface area contributed by atoms with E-state index in [0.717, 1.165) is 37.2 Å². The average molecular weight is 337 g/mol. The van der Waals surface area contributed by atoms with Crippen molar-refractivity contribution in [2.75, 3.05) is 46.1 Å². The summed E-state index contributed by atoms with van der Waals surface area (Å²) in [6.45, 7) is 9.72. The molecule has 2 rings (SSSR count). The lowest BCUT2D eigenvalue weighted by Gasteiger charge is -2.44. The zero-order valence-corrected chi connectivity index (χ0v) is 14.3. The van der Waals surface area contributed by atoms with Crippen LogP contribution in [0.2, 0.25) is 0 Å². The molecular weight excluding hydrogens is 310 g/mol. The van der Waals surface area contributed by atoms with Crippen molar-refractivity contribution in [3.8, 4) is 0 Å². The molecule has 0 aromatic rings. The summed E-state index contributed by atoms with van der Waals surface area (Å²) < 4.78 is 16.6. The predicted octanol–water partition coefficient (Wildman–Crippen LogP) is 1.99. The van der Waals surface area contributed by atoms with Gasteiger partial charge in [0.25, 0.3) is 0 Å². The van der Waals surface area contributed by atoms with Crippen LogP contribution in [0.25, 0.3) is 0 Å². The predicted molar refractivity (Wildman–Crippen MR) is 90.8 cm³/mol. The molecule has 2 aliphatic heterocycles. The molecule has 0 aromatic heterocycles. The molecule has 0 aliphatic carbocycles. The Morgan fingerprint density at radius 3 is 2.62 bits per heavy atom. The molecule has 6 nitrogen and oxygen atoms in total. The molecular formula is C18H27NO5. The number of nitrogens with zero attached hydrogens (tertiary/aromatic N) is 1. The highest BCUT2D eigenvalue weighted by Gasteiger charge is 2.37. The Kier molecular flexibility index (Phi) is 7.02. The van der Waals surface area contributed by atoms with E-state index in [-0.39, 0.29) is 12.2 Å². The number of likely N-dealkylation sites (tertiary alicyclic amines) is 1. The van der Waals surface area contributed by atoms with Crippen LogP contribution in [0.15, 0.2) is 36.1 Å². The third-order valence-corrected chi connectivity index (χ3v) is 4.34. The summed E-state index contributed by atoms with van der Waals surface area (Å²) in [7, 11) is 0. The van der Waals surface area contributed by atoms with Crippen molar-refractivity contribution in [2.45, 2.75) is 25.4 Å². The summed E-state index contributed by atoms with van der Waals surface area (Å²) in [4.78, 5) is 12.7. The van der Waals surface area contributed by atoms with Crippen LogP contribution in [0.3, 0.4) is 0 Å². The number of carboxylic acid groups (broad SMARTS) is 1. The number of piperidine rings is 1. The Hall–Kier alpha value is -1.63. The van der Waals surface area contributed by atoms with Crippen LogP contribution < -0.4 is 0 Å². The van der Waals surface area contributed by atoms with E-state index in [1.807, 2.05) is 25.2 Å². The van der Waals surface area contributed by atoms with E-state index in [2.05, 4.69) is 11.5 Å². The van der Waals surface area contributed by atoms with Gasteiger partial charge in [0.15, 0.2) is 0 Å². The van der Waals surface area contributed by atoms with Gasteiger partial charge in [-0.25, -0.2) is 4.79 Å². The van der Waals surface area contributed by atoms with Gasteiger partial charge in [-0.1, -0.05) is 12.7 Å². The summed E-state index contributed by atoms with van der Waals surface area (Å²) in [5.41, 5.74) is 1.91. The maximum Gasteiger partial charge on any atom is 0.329 e. The van der Waals surface area contributed by atoms with Gasteiger partial charge in [-0.15, -0.1) is 0 Å². The van der Waals surface area contributed by atoms with Crippen LogP contribution >= 0.6 is 0 Å². The number of hydrogen-bond acceptors (Lipinski definition) is 5. The molecule has 2 heterocycles. The molecule has 0 saturated carbocycles. The molecule has 0 bridgehead atoms. The molecule has 134 valence electrons. The number of hydrogen-bond donors (Lipinski definition) is 1. The third kappa shape index (κ3) is 5.47. The zero-order valence-electron chi connectivity index (χ0n) is 14.3. The van der Waals surface area contributed by atoms with Crippen LogP contribution in [0, 0.1) is 0 Å². The van der Waals surface area contributed by atoms with Gasteiger partial charge in [0, 0.05) is 18.8 Å². The first-order chi connectivity index (χ1) is 11.5. The van der Waals surface area contributed by atoms with Gasteiger partial charge in [-0.2, -0.15) is 0 Å². The van der Waals surface area contributed by atoms with Crippen molar-refractivity contribution in [2.24, 2.45) is 0 Å². The smallest absolute Gasteiger partial charge is 0.329 e. The highest BCUT2D eigenvalue weighted by molar-refractivity contribution is 5.68. The summed E-state index contributed by atoms with van der Waals surface area (Å²) >= 11 is 0. The van der Waals surface area contributed by atoms with Crippen LogP contribution in [-0.4, -0.2) is 67.7 Å². The highest BCUT2D eigenvalue weighted by Crippen LogP contribution is 2.30. The average Bonchev–Trinajstić information content (AvgIpc) is 2.57. The molecule has 0 radical (unpaired) electrons. The number of rotatable bonds is 7. The summed E-state index contributed by atoms with van der Waals surface area (Å²) in [6.07, 6.45) is 7.69. The lowest BCUT2D eigenvalue weighted by molar-refractivity contribution is -0.174. The van der Waals surface area contributed by atoms with E-state index in [1.54, 1.807) is 0 Å². The Morgan fingerprint density at radius 2 is 2.04 bits per heavy atom. The first-order valence-electron chi connectivity index (χ1n) is 8.31. The van der Waals surface area contributed by atoms with E-state index in [0.29, 0.717) is 26.4 Å². The highest BCUT2D eigenvalue weighted by atomic mass is 16.6. The fourth-order valence-electron chi connectivity index (χ4n) is 2.96. The second-order valence-corrected chi connectivity index (χ2v) is 6.27. The van der Waals surface area contributed by atoms with Gasteiger partial charge in [0.05, 0.1) is 32.0 Å². The minimum atomic E-state index is -0.957. The number of carbonyl (C=O) groups is 1. The molecule has 0 aromatic carbocycles. The molecule has 0 amide bonds. The molecule has 0 unspecified atom stereocenters. The second-order valence-electron chi connectivity index (χ2n) is 6.27. The molecule has 24 heavy (non-hydrogen) atoms. The number of carboxylic acids is 1. The zero-order chi connectivity index (χ0) is 17.4. The van der Waals surface area contributed by atoms with Crippen molar-refractivity contribution in [1.82, 2.24) is 4.90 Å². The fraction of sp³-hybridized carbons (Fsp3) is 0.611. The van der Waals surface area contributed by atoms with Crippen molar-refractivity contribution >= 4 is 5.97 Å². The van der Waals surface area contributed by atoms with Crippen LogP contribution in [0.1, 0.15) is 19.8 Å². The molecule has 1 N–H and O–H groups in total. The van der Waals surface area contributed by atoms with E-state index in [1.165, 1.54) is 0 Å². The summed E-state index contributed by atoms with van der Waals surface area (Å²) in [6, 6.07) is 0. The van der Waals surface area contributed by atoms with Gasteiger partial charge in [-0.3, -0.25) is 0 Å². The number of aliphatic carboxylic acids is 1. The van der Waals surface area contributed by atoms with Crippen molar-refractivity contribution in [1.29, 1.82) is 0 Å². The summed E-state index contributed by atoms with van der Waals surface area (Å²) in [5, 5.41) is 8.56. The molecule has 2 aliphatic rings. The van der Waals surface area contributed by atoms with Crippen LogP contribution in [-0.2, 0) is 19.0 Å². The van der Waals surface area contributed by atoms with Crippen LogP contribution in [0.5, 0.6) is 0 Å². The van der Waals surface area contributed by atoms with Gasteiger partial charge in [0.2, 0.25) is 0 Å². The molecule has 2 fully saturated rings. The standard InChI is InChI=1S/C18H27NO5/c1-3-16(5-4-15(2)12-23-13-17(20)21)19-8-6-18(7-9-19)14-22-10-11-24-18/h3-5H,1,6-14H2,2H3,(H,20,21)/b15-4+,16-5+. The molecule has 2 saturated heterocycles. The van der Waals surface area contributed by atoms with Crippen molar-refractivity contribution in [3.05, 3.63) is 36.1 Å². The Balaban J connectivity index is 1.86. The fourth-order valence-corrected chi connectivity index (χ4v) is 2.96. The minimum absolute atomic E-state index is 0.114. The van der Waals surface area contributed by atoms with E-state index >= 15 is 0 Å². The quantitative estimate of drug-likeness (QED) is 0.717. The minimum Gasteiger partial charge on any atom is -0.480 e. The molecule has 0 atom stereocenters. The van der Waals surface area contributed by atoms with Gasteiger partial charge >= 0.3 is 5.97 Å². The van der Waals surface area contributed by atoms with Crippen molar-refractivity contribution < 1.29 is 24.1 Å². The summed E-state index contributed by atoms with van der Waals surface area (Å²) in [5.74, 6) is -0.957. The van der Waals surface area contributed by atoms with E-state index in [4.69, 9.17) is 19.3 Å². The largest absolute Gasteiger partial charge is 0.480 e. The first kappa shape index (κ1) is 18.7. The maximum absolute atomic E-state index is 10.4. The first-order valence-corrected chi connectivity index (χ1v) is 8.31. The monoisotopic (exact) mass is 337 g/mol. The lowest BCUT2D eigenvalue weighted by atomic mass is 9.91.